The second-order valence-corrected chi connectivity index (χ2v) is 7.81. The Bertz CT molecular complexity index is 345. The average Bonchev–Trinajstić information content (AvgIpc) is 2.61. The van der Waals surface area contributed by atoms with Crippen molar-refractivity contribution in [1.29, 1.82) is 0 Å². The second kappa shape index (κ2) is 5.58. The lowest BCUT2D eigenvalue weighted by atomic mass is 9.72. The van der Waals surface area contributed by atoms with Crippen molar-refractivity contribution in [2.45, 2.75) is 57.2 Å². The van der Waals surface area contributed by atoms with Crippen LogP contribution in [0.25, 0.3) is 0 Å². The summed E-state index contributed by atoms with van der Waals surface area (Å²) in [4.78, 5) is 5.48. The minimum absolute atomic E-state index is 0.702. The van der Waals surface area contributed by atoms with Crippen molar-refractivity contribution in [3.8, 4) is 0 Å². The van der Waals surface area contributed by atoms with Gasteiger partial charge in [-0.3, -0.25) is 4.90 Å². The summed E-state index contributed by atoms with van der Waals surface area (Å²) >= 11 is 0. The lowest BCUT2D eigenvalue weighted by Gasteiger charge is -2.49. The topological polar surface area (TPSA) is 18.5 Å². The van der Waals surface area contributed by atoms with E-state index >= 15 is 0 Å². The van der Waals surface area contributed by atoms with Crippen LogP contribution in [-0.2, 0) is 0 Å². The predicted octanol–water partition coefficient (Wildman–Crippen LogP) is 2.14. The maximum Gasteiger partial charge on any atom is 0.0629 e. The molecule has 3 heteroatoms. The highest BCUT2D eigenvalue weighted by atomic mass is 15.4. The molecule has 3 saturated heterocycles. The van der Waals surface area contributed by atoms with E-state index in [4.69, 9.17) is 0 Å². The molecule has 1 saturated carbocycles. The summed E-state index contributed by atoms with van der Waals surface area (Å²) in [6.45, 7) is 5.11. The second-order valence-electron chi connectivity index (χ2n) is 7.81. The van der Waals surface area contributed by atoms with Crippen LogP contribution in [0.3, 0.4) is 0 Å². The van der Waals surface area contributed by atoms with Gasteiger partial charge >= 0.3 is 0 Å². The molecule has 0 aromatic rings. The third-order valence-electron chi connectivity index (χ3n) is 6.64. The van der Waals surface area contributed by atoms with Crippen LogP contribution in [0.2, 0.25) is 0 Å². The Kier molecular flexibility index (Phi) is 3.78. The molecule has 114 valence electrons. The number of fused-ring (bicyclic) bond motifs is 5. The van der Waals surface area contributed by atoms with Crippen LogP contribution in [0.4, 0.5) is 0 Å². The van der Waals surface area contributed by atoms with Gasteiger partial charge in [0.1, 0.15) is 0 Å². The fraction of sp³-hybridized carbons (Fsp3) is 1.00. The molecule has 0 radical (unpaired) electrons. The molecule has 0 spiro atoms. The van der Waals surface area contributed by atoms with E-state index < -0.39 is 0 Å². The smallest absolute Gasteiger partial charge is 0.0629 e. The summed E-state index contributed by atoms with van der Waals surface area (Å²) < 4.78 is 0. The molecule has 3 nitrogen and oxygen atoms in total. The van der Waals surface area contributed by atoms with Gasteiger partial charge < -0.3 is 10.2 Å². The summed E-state index contributed by atoms with van der Waals surface area (Å²) in [6, 6.07) is 0.833. The fourth-order valence-electron chi connectivity index (χ4n) is 5.69. The molecular formula is C17H31N3. The number of hydrogen-bond acceptors (Lipinski definition) is 3. The largest absolute Gasteiger partial charge is 0.304 e. The van der Waals surface area contributed by atoms with Gasteiger partial charge in [-0.15, -0.1) is 0 Å². The number of nitrogens with zero attached hydrogens (tertiary/aromatic N) is 2. The van der Waals surface area contributed by atoms with Gasteiger partial charge in [0.05, 0.1) is 6.17 Å². The highest BCUT2D eigenvalue weighted by Crippen LogP contribution is 2.44. The van der Waals surface area contributed by atoms with Crippen molar-refractivity contribution in [3.05, 3.63) is 0 Å². The Morgan fingerprint density at radius 2 is 1.80 bits per heavy atom. The SMILES string of the molecule is CN1CCN2C(C1)C1CCCCC1CC1CCCNC12. The molecule has 1 aliphatic carbocycles. The molecule has 20 heavy (non-hydrogen) atoms. The quantitative estimate of drug-likeness (QED) is 0.732. The Hall–Kier alpha value is -0.120. The Labute approximate surface area is 124 Å². The number of nitrogens with one attached hydrogen (secondary N) is 1. The lowest BCUT2D eigenvalue weighted by molar-refractivity contribution is -0.0118. The van der Waals surface area contributed by atoms with Crippen LogP contribution in [0.5, 0.6) is 0 Å². The third-order valence-corrected chi connectivity index (χ3v) is 6.64. The first-order chi connectivity index (χ1) is 9.83. The van der Waals surface area contributed by atoms with Gasteiger partial charge in [-0.2, -0.15) is 0 Å². The summed E-state index contributed by atoms with van der Waals surface area (Å²) in [7, 11) is 2.33. The molecule has 4 fully saturated rings. The maximum absolute atomic E-state index is 3.89. The highest BCUT2D eigenvalue weighted by Gasteiger charge is 2.46. The van der Waals surface area contributed by atoms with E-state index in [1.54, 1.807) is 0 Å². The zero-order valence-corrected chi connectivity index (χ0v) is 13.1. The molecule has 4 rings (SSSR count). The maximum atomic E-state index is 3.89. The minimum atomic E-state index is 0.702. The van der Waals surface area contributed by atoms with Crippen molar-refractivity contribution in [1.82, 2.24) is 15.1 Å². The zero-order chi connectivity index (χ0) is 13.5. The monoisotopic (exact) mass is 277 g/mol. The van der Waals surface area contributed by atoms with Gasteiger partial charge in [0.15, 0.2) is 0 Å². The van der Waals surface area contributed by atoms with Gasteiger partial charge in [0, 0.05) is 25.7 Å². The molecule has 0 bridgehead atoms. The fourth-order valence-corrected chi connectivity index (χ4v) is 5.69. The Morgan fingerprint density at radius 3 is 2.75 bits per heavy atom. The van der Waals surface area contributed by atoms with Crippen LogP contribution in [0.15, 0.2) is 0 Å². The van der Waals surface area contributed by atoms with Crippen molar-refractivity contribution in [3.63, 3.8) is 0 Å². The number of hydrogen-bond donors (Lipinski definition) is 1. The van der Waals surface area contributed by atoms with E-state index in [0.29, 0.717) is 6.17 Å². The number of likely N-dealkylation sites (N-methyl/N-ethyl adjacent to an activating group) is 1. The van der Waals surface area contributed by atoms with Gasteiger partial charge in [-0.1, -0.05) is 19.3 Å². The van der Waals surface area contributed by atoms with Crippen molar-refractivity contribution in [2.24, 2.45) is 17.8 Å². The van der Waals surface area contributed by atoms with E-state index in [2.05, 4.69) is 22.2 Å². The van der Waals surface area contributed by atoms with Gasteiger partial charge in [-0.25, -0.2) is 0 Å². The molecule has 5 unspecified atom stereocenters. The van der Waals surface area contributed by atoms with Gasteiger partial charge in [0.25, 0.3) is 0 Å². The first-order valence-electron chi connectivity index (χ1n) is 9.00. The molecule has 0 amide bonds. The normalized spacial score (nSPS) is 47.0. The van der Waals surface area contributed by atoms with E-state index in [-0.39, 0.29) is 0 Å². The van der Waals surface area contributed by atoms with Crippen LogP contribution >= 0.6 is 0 Å². The molecular weight excluding hydrogens is 246 g/mol. The number of piperidine rings is 1. The van der Waals surface area contributed by atoms with E-state index in [0.717, 1.165) is 23.8 Å². The van der Waals surface area contributed by atoms with E-state index in [9.17, 15) is 0 Å². The summed E-state index contributed by atoms with van der Waals surface area (Å²) in [5.41, 5.74) is 0. The first kappa shape index (κ1) is 13.5. The molecule has 4 aliphatic rings. The van der Waals surface area contributed by atoms with Crippen molar-refractivity contribution >= 4 is 0 Å². The summed E-state index contributed by atoms with van der Waals surface area (Å²) in [5.74, 6) is 2.94. The lowest BCUT2D eigenvalue weighted by Crippen LogP contribution is -2.63. The average molecular weight is 277 g/mol. The molecule has 0 aromatic heterocycles. The highest BCUT2D eigenvalue weighted by molar-refractivity contribution is 4.99. The van der Waals surface area contributed by atoms with Gasteiger partial charge in [-0.05, 0) is 57.0 Å². The first-order valence-corrected chi connectivity index (χ1v) is 9.00. The number of rotatable bonds is 0. The third kappa shape index (κ3) is 2.32. The van der Waals surface area contributed by atoms with Crippen LogP contribution < -0.4 is 5.32 Å². The standard InChI is InChI=1S/C17H31N3/c1-19-9-10-20-16(12-19)15-7-3-2-5-13(15)11-14-6-4-8-18-17(14)20/h13-18H,2-12H2,1H3. The van der Waals surface area contributed by atoms with E-state index in [1.165, 1.54) is 71.1 Å². The minimum Gasteiger partial charge on any atom is -0.304 e. The summed E-state index contributed by atoms with van der Waals surface area (Å²) in [5, 5.41) is 3.89. The molecule has 3 aliphatic heterocycles. The predicted molar refractivity (Wildman–Crippen MR) is 82.6 cm³/mol. The van der Waals surface area contributed by atoms with Crippen LogP contribution in [0.1, 0.15) is 44.9 Å². The Balaban J connectivity index is 1.64. The zero-order valence-electron chi connectivity index (χ0n) is 13.1. The Morgan fingerprint density at radius 1 is 0.950 bits per heavy atom. The van der Waals surface area contributed by atoms with Crippen molar-refractivity contribution in [2.75, 3.05) is 33.2 Å². The molecule has 1 N–H and O–H groups in total. The van der Waals surface area contributed by atoms with Crippen LogP contribution in [-0.4, -0.2) is 55.2 Å². The van der Waals surface area contributed by atoms with E-state index in [1.807, 2.05) is 0 Å². The van der Waals surface area contributed by atoms with Gasteiger partial charge in [0.2, 0.25) is 0 Å². The van der Waals surface area contributed by atoms with Crippen LogP contribution in [0, 0.1) is 17.8 Å². The van der Waals surface area contributed by atoms with Crippen molar-refractivity contribution < 1.29 is 0 Å². The molecule has 5 atom stereocenters. The summed E-state index contributed by atoms with van der Waals surface area (Å²) in [6.07, 6.45) is 11.1. The molecule has 3 heterocycles. The molecule has 0 aromatic carbocycles. The number of piperazine rings is 1.